The van der Waals surface area contributed by atoms with Crippen LogP contribution in [0.3, 0.4) is 0 Å². The average Bonchev–Trinajstić information content (AvgIpc) is 2.80. The number of rotatable bonds is 7. The van der Waals surface area contributed by atoms with E-state index in [1.54, 1.807) is 26.0 Å². The molecule has 31 heavy (non-hydrogen) atoms. The number of ether oxygens (including phenoxy) is 2. The predicted molar refractivity (Wildman–Crippen MR) is 119 cm³/mol. The molecule has 0 fully saturated rings. The summed E-state index contributed by atoms with van der Waals surface area (Å²) in [6.45, 7) is 9.03. The molecule has 4 rings (SSSR count). The van der Waals surface area contributed by atoms with E-state index in [1.807, 2.05) is 37.8 Å². The van der Waals surface area contributed by atoms with Gasteiger partial charge in [0.15, 0.2) is 0 Å². The molecule has 0 unspecified atom stereocenters. The normalized spacial score (nSPS) is 11.9. The topological polar surface area (TPSA) is 38.4 Å². The molecule has 5 nitrogen and oxygen atoms in total. The van der Waals surface area contributed by atoms with Crippen LogP contribution in [0.5, 0.6) is 11.5 Å². The van der Waals surface area contributed by atoms with E-state index in [0.717, 1.165) is 50.3 Å². The molecule has 0 aromatic heterocycles. The van der Waals surface area contributed by atoms with E-state index in [9.17, 15) is 0 Å². The SMILES string of the molecule is [C-]#[N+]Cc1c(OC)ccc2c1Sc1c(ccc(OC)c1C[N]=[Pt])N2Cc1ccccc1. The van der Waals surface area contributed by atoms with Crippen LogP contribution in [0.25, 0.3) is 4.85 Å². The first-order valence-corrected chi connectivity index (χ1v) is 11.5. The molecule has 1 aliphatic heterocycles. The molecule has 1 heterocycles. The maximum absolute atomic E-state index is 7.49. The van der Waals surface area contributed by atoms with Crippen molar-refractivity contribution in [1.29, 1.82) is 0 Å². The van der Waals surface area contributed by atoms with E-state index in [0.29, 0.717) is 6.54 Å². The molecular formula is C24H21N3O2PtS. The van der Waals surface area contributed by atoms with E-state index in [4.69, 9.17) is 16.0 Å². The summed E-state index contributed by atoms with van der Waals surface area (Å²) in [6, 6.07) is 18.6. The van der Waals surface area contributed by atoms with Gasteiger partial charge in [0.25, 0.3) is 0 Å². The Morgan fingerprint density at radius 3 is 2.13 bits per heavy atom. The van der Waals surface area contributed by atoms with Crippen molar-refractivity contribution in [2.24, 2.45) is 3.50 Å². The molecule has 3 aromatic carbocycles. The van der Waals surface area contributed by atoms with Crippen LogP contribution in [0.2, 0.25) is 0 Å². The molecule has 0 amide bonds. The van der Waals surface area contributed by atoms with E-state index >= 15 is 0 Å². The van der Waals surface area contributed by atoms with Gasteiger partial charge in [0.2, 0.25) is 0 Å². The first-order valence-electron chi connectivity index (χ1n) is 9.69. The molecule has 0 saturated carbocycles. The Morgan fingerprint density at radius 1 is 0.935 bits per heavy atom. The van der Waals surface area contributed by atoms with E-state index < -0.39 is 0 Å². The summed E-state index contributed by atoms with van der Waals surface area (Å²) < 4.78 is 15.6. The van der Waals surface area contributed by atoms with Crippen LogP contribution in [0.15, 0.2) is 67.9 Å². The van der Waals surface area contributed by atoms with Gasteiger partial charge in [-0.15, -0.1) is 0 Å². The molecule has 0 N–H and O–H groups in total. The number of benzene rings is 3. The summed E-state index contributed by atoms with van der Waals surface area (Å²) in [6.07, 6.45) is 0. The molecule has 0 radical (unpaired) electrons. The second-order valence-corrected chi connectivity index (χ2v) is 8.68. The summed E-state index contributed by atoms with van der Waals surface area (Å²) in [5.41, 5.74) is 5.40. The third kappa shape index (κ3) is 4.13. The van der Waals surface area contributed by atoms with Crippen LogP contribution in [-0.4, -0.2) is 14.2 Å². The zero-order valence-corrected chi connectivity index (χ0v) is 20.3. The summed E-state index contributed by atoms with van der Waals surface area (Å²) in [5.74, 6) is 1.57. The predicted octanol–water partition coefficient (Wildman–Crippen LogP) is 6.16. The molecule has 3 aromatic rings. The Morgan fingerprint density at radius 2 is 1.55 bits per heavy atom. The summed E-state index contributed by atoms with van der Waals surface area (Å²) >= 11 is 3.71. The minimum atomic E-state index is 0.268. The fourth-order valence-corrected chi connectivity index (χ4v) is 5.53. The first-order chi connectivity index (χ1) is 15.2. The molecule has 0 spiro atoms. The Kier molecular flexibility index (Phi) is 6.75. The van der Waals surface area contributed by atoms with Crippen molar-refractivity contribution in [3.05, 3.63) is 82.7 Å². The Bertz CT molecular complexity index is 1160. The molecule has 0 atom stereocenters. The Balaban J connectivity index is 1.95. The number of anilines is 2. The van der Waals surface area contributed by atoms with Gasteiger partial charge in [-0.25, -0.2) is 0 Å². The van der Waals surface area contributed by atoms with Gasteiger partial charge in [-0.05, 0) is 0 Å². The van der Waals surface area contributed by atoms with Crippen LogP contribution in [0.1, 0.15) is 16.7 Å². The van der Waals surface area contributed by atoms with E-state index in [-0.39, 0.29) is 6.54 Å². The third-order valence-corrected chi connectivity index (χ3v) is 6.93. The van der Waals surface area contributed by atoms with Gasteiger partial charge in [-0.1, -0.05) is 0 Å². The summed E-state index contributed by atoms with van der Waals surface area (Å²) in [4.78, 5) is 8.16. The van der Waals surface area contributed by atoms with E-state index in [1.165, 1.54) is 5.56 Å². The maximum atomic E-state index is 7.49. The van der Waals surface area contributed by atoms with Crippen molar-refractivity contribution < 1.29 is 29.1 Å². The first kappa shape index (κ1) is 21.6. The molecule has 0 bridgehead atoms. The van der Waals surface area contributed by atoms with Crippen LogP contribution < -0.4 is 14.4 Å². The summed E-state index contributed by atoms with van der Waals surface area (Å²) in [5, 5.41) is 0. The van der Waals surface area contributed by atoms with Crippen molar-refractivity contribution in [3.8, 4) is 11.5 Å². The zero-order chi connectivity index (χ0) is 21.8. The van der Waals surface area contributed by atoms with Crippen molar-refractivity contribution in [3.63, 3.8) is 0 Å². The molecule has 0 saturated heterocycles. The summed E-state index contributed by atoms with van der Waals surface area (Å²) in [7, 11) is 3.34. The number of hydrogen-bond donors (Lipinski definition) is 0. The molecule has 0 aliphatic carbocycles. The Hall–Kier alpha value is -2.61. The fourth-order valence-electron chi connectivity index (χ4n) is 3.83. The van der Waals surface area contributed by atoms with Gasteiger partial charge >= 0.3 is 198 Å². The molecule has 160 valence electrons. The zero-order valence-electron chi connectivity index (χ0n) is 17.2. The molecular weight excluding hydrogens is 589 g/mol. The van der Waals surface area contributed by atoms with Crippen molar-refractivity contribution in [2.45, 2.75) is 29.4 Å². The second-order valence-electron chi connectivity index (χ2n) is 6.94. The average molecular weight is 611 g/mol. The quantitative estimate of drug-likeness (QED) is 0.301. The van der Waals surface area contributed by atoms with Gasteiger partial charge < -0.3 is 0 Å². The monoisotopic (exact) mass is 610 g/mol. The number of nitrogens with zero attached hydrogens (tertiary/aromatic N) is 3. The van der Waals surface area contributed by atoms with Crippen molar-refractivity contribution in [1.82, 2.24) is 0 Å². The third-order valence-electron chi connectivity index (χ3n) is 5.25. The van der Waals surface area contributed by atoms with Crippen molar-refractivity contribution in [2.75, 3.05) is 19.1 Å². The van der Waals surface area contributed by atoms with Gasteiger partial charge in [-0.3, -0.25) is 0 Å². The van der Waals surface area contributed by atoms with Crippen LogP contribution >= 0.6 is 11.8 Å². The number of methoxy groups -OCH3 is 2. The van der Waals surface area contributed by atoms with Gasteiger partial charge in [0.1, 0.15) is 0 Å². The van der Waals surface area contributed by atoms with Gasteiger partial charge in [0.05, 0.1) is 0 Å². The Labute approximate surface area is 197 Å². The van der Waals surface area contributed by atoms with Crippen LogP contribution in [0.4, 0.5) is 11.4 Å². The van der Waals surface area contributed by atoms with Gasteiger partial charge in [0, 0.05) is 0 Å². The van der Waals surface area contributed by atoms with Crippen molar-refractivity contribution >= 4 is 23.1 Å². The molecule has 7 heteroatoms. The number of hydrogen-bond acceptors (Lipinski definition) is 5. The van der Waals surface area contributed by atoms with E-state index in [2.05, 4.69) is 49.6 Å². The van der Waals surface area contributed by atoms with Crippen LogP contribution in [0, 0.1) is 6.57 Å². The number of fused-ring (bicyclic) bond motifs is 2. The van der Waals surface area contributed by atoms with Crippen LogP contribution in [-0.2, 0) is 39.3 Å². The minimum absolute atomic E-state index is 0.268. The van der Waals surface area contributed by atoms with Gasteiger partial charge in [-0.2, -0.15) is 0 Å². The second kappa shape index (κ2) is 9.68. The molecule has 1 aliphatic rings. The standard InChI is InChI=1S/C24H21N3O2S.Pt/c1-26-14-18-22(29-3)12-10-20-24(18)30-23-17(13-25)21(28-2)11-9-19(23)27(20)15-16-7-5-4-6-8-16;/h4-12H,13-15H2,2-3H3;. The fraction of sp³-hybridized carbons (Fsp3) is 0.208.